The number of amides is 1. The van der Waals surface area contributed by atoms with Crippen molar-refractivity contribution in [2.45, 2.75) is 17.9 Å². The first-order chi connectivity index (χ1) is 18.1. The second-order valence-corrected chi connectivity index (χ2v) is 8.97. The first kappa shape index (κ1) is 22.5. The van der Waals surface area contributed by atoms with Gasteiger partial charge >= 0.3 is 0 Å². The molecule has 0 saturated carbocycles. The van der Waals surface area contributed by atoms with Gasteiger partial charge < -0.3 is 5.32 Å². The molecule has 0 saturated heterocycles. The largest absolute Gasteiger partial charge is 0.340 e. The van der Waals surface area contributed by atoms with Crippen molar-refractivity contribution in [3.63, 3.8) is 0 Å². The van der Waals surface area contributed by atoms with E-state index >= 15 is 0 Å². The van der Waals surface area contributed by atoms with Gasteiger partial charge in [-0.25, -0.2) is 4.98 Å². The molecule has 6 rings (SSSR count). The number of benzene rings is 3. The zero-order chi connectivity index (χ0) is 25.4. The Kier molecular flexibility index (Phi) is 5.65. The first-order valence-electron chi connectivity index (χ1n) is 12.0. The Bertz CT molecular complexity index is 1610. The van der Waals surface area contributed by atoms with E-state index in [4.69, 9.17) is 4.98 Å². The number of nitrogens with zero attached hydrogens (tertiary/aromatic N) is 3. The Morgan fingerprint density at radius 1 is 0.784 bits per heavy atom. The second-order valence-electron chi connectivity index (χ2n) is 8.97. The van der Waals surface area contributed by atoms with Crippen LogP contribution in [0.3, 0.4) is 0 Å². The van der Waals surface area contributed by atoms with Gasteiger partial charge in [-0.2, -0.15) is 0 Å². The van der Waals surface area contributed by atoms with Gasteiger partial charge in [-0.05, 0) is 35.9 Å². The van der Waals surface area contributed by atoms with Gasteiger partial charge in [0.2, 0.25) is 0 Å². The minimum absolute atomic E-state index is 0.183. The van der Waals surface area contributed by atoms with E-state index in [2.05, 4.69) is 10.3 Å². The molecule has 3 heterocycles. The summed E-state index contributed by atoms with van der Waals surface area (Å²) in [6.45, 7) is 0. The van der Waals surface area contributed by atoms with Crippen LogP contribution in [0.2, 0.25) is 0 Å². The summed E-state index contributed by atoms with van der Waals surface area (Å²) in [7, 11) is 0. The number of carbonyl (C=O) groups is 3. The van der Waals surface area contributed by atoms with Gasteiger partial charge in [-0.3, -0.25) is 23.9 Å². The number of hydrogen-bond acceptors (Lipinski definition) is 5. The number of rotatable bonds is 5. The fraction of sp³-hybridized carbons (Fsp3) is 0.100. The van der Waals surface area contributed by atoms with Crippen molar-refractivity contribution in [3.05, 3.63) is 132 Å². The van der Waals surface area contributed by atoms with Gasteiger partial charge in [0, 0.05) is 29.4 Å². The molecule has 0 unspecified atom stereocenters. The van der Waals surface area contributed by atoms with Crippen LogP contribution < -0.4 is 5.32 Å². The van der Waals surface area contributed by atoms with Crippen molar-refractivity contribution in [1.82, 2.24) is 19.9 Å². The Labute approximate surface area is 212 Å². The van der Waals surface area contributed by atoms with Crippen molar-refractivity contribution < 1.29 is 14.4 Å². The molecule has 1 N–H and O–H groups in total. The molecule has 0 bridgehead atoms. The van der Waals surface area contributed by atoms with Crippen LogP contribution in [0.1, 0.15) is 48.7 Å². The normalized spacial score (nSPS) is 18.8. The predicted octanol–water partition coefficient (Wildman–Crippen LogP) is 4.63. The number of para-hydroxylation sites is 2. The van der Waals surface area contributed by atoms with Gasteiger partial charge in [0.05, 0.1) is 17.0 Å². The third-order valence-electron chi connectivity index (χ3n) is 6.80. The molecule has 0 spiro atoms. The summed E-state index contributed by atoms with van der Waals surface area (Å²) in [4.78, 5) is 50.6. The van der Waals surface area contributed by atoms with Crippen molar-refractivity contribution in [2.24, 2.45) is 0 Å². The molecule has 2 aromatic heterocycles. The molecule has 0 fully saturated rings. The number of ketones is 1. The summed E-state index contributed by atoms with van der Waals surface area (Å²) in [5.41, 5.74) is 2.80. The van der Waals surface area contributed by atoms with Gasteiger partial charge in [0.15, 0.2) is 5.78 Å². The van der Waals surface area contributed by atoms with Gasteiger partial charge in [-0.15, -0.1) is 0 Å². The summed E-state index contributed by atoms with van der Waals surface area (Å²) in [5, 5.41) is 2.95. The van der Waals surface area contributed by atoms with Crippen molar-refractivity contribution in [1.29, 1.82) is 0 Å². The van der Waals surface area contributed by atoms with E-state index in [-0.39, 0.29) is 11.7 Å². The fourth-order valence-electron chi connectivity index (χ4n) is 5.12. The molecule has 1 aliphatic heterocycles. The van der Waals surface area contributed by atoms with Crippen LogP contribution in [0.4, 0.5) is 0 Å². The van der Waals surface area contributed by atoms with E-state index in [9.17, 15) is 14.4 Å². The molecular weight excluding hydrogens is 464 g/mol. The lowest BCUT2D eigenvalue weighted by Gasteiger charge is -2.37. The van der Waals surface area contributed by atoms with Crippen molar-refractivity contribution >= 4 is 28.6 Å². The summed E-state index contributed by atoms with van der Waals surface area (Å²) in [6.07, 6.45) is 3.28. The zero-order valence-corrected chi connectivity index (χ0v) is 19.7. The molecule has 7 heteroatoms. The van der Waals surface area contributed by atoms with Gasteiger partial charge in [0.1, 0.15) is 11.9 Å². The van der Waals surface area contributed by atoms with E-state index in [0.29, 0.717) is 33.5 Å². The molecule has 1 aliphatic rings. The number of fused-ring (bicyclic) bond motifs is 3. The minimum Gasteiger partial charge on any atom is -0.340 e. The summed E-state index contributed by atoms with van der Waals surface area (Å²) in [5.74, 6) is -2.12. The number of hydrogen-bond donors (Lipinski definition) is 1. The molecule has 180 valence electrons. The average molecular weight is 487 g/mol. The summed E-state index contributed by atoms with van der Waals surface area (Å²) >= 11 is 0. The fourth-order valence-corrected chi connectivity index (χ4v) is 5.12. The quantitative estimate of drug-likeness (QED) is 0.366. The smallest absolute Gasteiger partial charge is 0.255 e. The van der Waals surface area contributed by atoms with Crippen LogP contribution in [-0.4, -0.2) is 38.2 Å². The number of pyridine rings is 1. The molecular formula is C30H22N4O3. The Hall–Kier alpha value is -4.91. The third-order valence-corrected chi connectivity index (χ3v) is 6.80. The molecule has 1 amide bonds. The highest BCUT2D eigenvalue weighted by molar-refractivity contribution is 6.07. The molecule has 7 nitrogen and oxygen atoms in total. The third kappa shape index (κ3) is 3.90. The van der Waals surface area contributed by atoms with Crippen molar-refractivity contribution in [3.8, 4) is 0 Å². The van der Waals surface area contributed by atoms with E-state index in [1.807, 2.05) is 36.4 Å². The predicted molar refractivity (Wildman–Crippen MR) is 139 cm³/mol. The second kappa shape index (κ2) is 9.28. The molecule has 3 aromatic carbocycles. The van der Waals surface area contributed by atoms with Crippen molar-refractivity contribution in [2.75, 3.05) is 0 Å². The maximum absolute atomic E-state index is 14.1. The SMILES string of the molecule is O=C(N[C@@H]1C(=O)n2c(nc3ccccc32)[C@H](C(=O)c2ccccc2)[C@@H]1c1cccnc1)c1ccccc1. The van der Waals surface area contributed by atoms with E-state index in [1.54, 1.807) is 73.1 Å². The van der Waals surface area contributed by atoms with Crippen LogP contribution in [0.15, 0.2) is 109 Å². The van der Waals surface area contributed by atoms with E-state index < -0.39 is 23.8 Å². The molecule has 0 aliphatic carbocycles. The number of imidazole rings is 1. The lowest BCUT2D eigenvalue weighted by Crippen LogP contribution is -2.53. The number of Topliss-reactive ketones (excluding diaryl/α,β-unsaturated/α-hetero) is 1. The lowest BCUT2D eigenvalue weighted by atomic mass is 9.74. The molecule has 3 atom stereocenters. The highest BCUT2D eigenvalue weighted by Crippen LogP contribution is 2.43. The minimum atomic E-state index is -1.03. The standard InChI is InChI=1S/C30H22N4O3/c35-27(19-10-3-1-4-11-19)25-24(21-14-9-17-31-18-21)26(33-29(36)20-12-5-2-6-13-20)30(37)34-23-16-8-7-15-22(23)32-28(25)34/h1-18,24-26H,(H,33,36)/t24-,25-,26-/m0/s1. The summed E-state index contributed by atoms with van der Waals surface area (Å²) in [6, 6.07) is 27.5. The maximum Gasteiger partial charge on any atom is 0.255 e. The lowest BCUT2D eigenvalue weighted by molar-refractivity contribution is 0.0727. The average Bonchev–Trinajstić information content (AvgIpc) is 3.35. The monoisotopic (exact) mass is 486 g/mol. The van der Waals surface area contributed by atoms with Crippen LogP contribution in [0.25, 0.3) is 11.0 Å². The molecule has 5 aromatic rings. The highest BCUT2D eigenvalue weighted by atomic mass is 16.2. The summed E-state index contributed by atoms with van der Waals surface area (Å²) < 4.78 is 1.49. The van der Waals surface area contributed by atoms with Crippen LogP contribution in [0.5, 0.6) is 0 Å². The van der Waals surface area contributed by atoms with Gasteiger partial charge in [0.25, 0.3) is 11.8 Å². The molecule has 0 radical (unpaired) electrons. The van der Waals surface area contributed by atoms with Crippen LogP contribution in [0, 0.1) is 0 Å². The topological polar surface area (TPSA) is 94.0 Å². The highest BCUT2D eigenvalue weighted by Gasteiger charge is 2.49. The van der Waals surface area contributed by atoms with Crippen LogP contribution in [-0.2, 0) is 0 Å². The Morgan fingerprint density at radius 3 is 2.16 bits per heavy atom. The van der Waals surface area contributed by atoms with E-state index in [1.165, 1.54) is 4.57 Å². The van der Waals surface area contributed by atoms with E-state index in [0.717, 1.165) is 0 Å². The van der Waals surface area contributed by atoms with Crippen LogP contribution >= 0.6 is 0 Å². The number of carbonyl (C=O) groups excluding carboxylic acids is 3. The Morgan fingerprint density at radius 2 is 1.46 bits per heavy atom. The maximum atomic E-state index is 14.1. The van der Waals surface area contributed by atoms with Gasteiger partial charge in [-0.1, -0.05) is 66.7 Å². The zero-order valence-electron chi connectivity index (χ0n) is 19.7. The number of nitrogens with one attached hydrogen (secondary N) is 1. The molecule has 37 heavy (non-hydrogen) atoms. The Balaban J connectivity index is 1.57. The first-order valence-corrected chi connectivity index (χ1v) is 12.0. The number of aromatic nitrogens is 3.